The summed E-state index contributed by atoms with van der Waals surface area (Å²) in [4.78, 5) is 39.1. The van der Waals surface area contributed by atoms with Crippen LogP contribution in [0.4, 0.5) is 4.79 Å². The van der Waals surface area contributed by atoms with Gasteiger partial charge in [-0.3, -0.25) is 4.90 Å². The van der Waals surface area contributed by atoms with Crippen molar-refractivity contribution in [2.45, 2.75) is 45.4 Å². The Kier molecular flexibility index (Phi) is 7.53. The van der Waals surface area contributed by atoms with Crippen molar-refractivity contribution >= 4 is 24.1 Å². The van der Waals surface area contributed by atoms with Gasteiger partial charge in [-0.15, -0.1) is 0 Å². The monoisotopic (exact) mass is 451 g/mol. The van der Waals surface area contributed by atoms with E-state index in [0.717, 1.165) is 11.1 Å². The predicted octanol–water partition coefficient (Wildman–Crippen LogP) is 4.45. The molecule has 1 aliphatic rings. The smallest absolute Gasteiger partial charge is 0.411 e. The van der Waals surface area contributed by atoms with Crippen LogP contribution >= 0.6 is 0 Å². The van der Waals surface area contributed by atoms with Gasteiger partial charge in [0.1, 0.15) is 12.2 Å². The molecule has 0 spiro atoms. The molecule has 1 atom stereocenters. The van der Waals surface area contributed by atoms with Crippen LogP contribution in [0.3, 0.4) is 0 Å². The summed E-state index contributed by atoms with van der Waals surface area (Å²) in [6, 6.07) is 13.9. The van der Waals surface area contributed by atoms with Crippen molar-refractivity contribution < 1.29 is 28.6 Å². The highest BCUT2D eigenvalue weighted by atomic mass is 16.6. The molecule has 0 bridgehead atoms. The van der Waals surface area contributed by atoms with Crippen LogP contribution in [0.25, 0.3) is 6.08 Å². The number of esters is 2. The van der Waals surface area contributed by atoms with Crippen molar-refractivity contribution in [1.29, 1.82) is 0 Å². The number of amides is 1. The summed E-state index contributed by atoms with van der Waals surface area (Å²) < 4.78 is 15.8. The lowest BCUT2D eigenvalue weighted by molar-refractivity contribution is -0.152. The van der Waals surface area contributed by atoms with Crippen LogP contribution < -0.4 is 0 Å². The van der Waals surface area contributed by atoms with Crippen molar-refractivity contribution in [2.24, 2.45) is 0 Å². The highest BCUT2D eigenvalue weighted by Crippen LogP contribution is 2.33. The molecule has 0 aliphatic carbocycles. The fourth-order valence-electron chi connectivity index (χ4n) is 3.55. The number of ether oxygens (including phenoxy) is 3. The molecule has 7 heteroatoms. The zero-order chi connectivity index (χ0) is 24.0. The van der Waals surface area contributed by atoms with E-state index in [0.29, 0.717) is 24.1 Å². The quantitative estimate of drug-likeness (QED) is 0.380. The summed E-state index contributed by atoms with van der Waals surface area (Å²) in [7, 11) is 1.30. The number of carbonyl (C=O) groups is 3. The molecular formula is C26H29NO6. The first-order valence-corrected chi connectivity index (χ1v) is 10.8. The minimum Gasteiger partial charge on any atom is -0.466 e. The Bertz CT molecular complexity index is 1040. The van der Waals surface area contributed by atoms with Gasteiger partial charge in [0.15, 0.2) is 6.04 Å². The SMILES string of the molecule is COC(=O)/C=C/c1ccc2c(c1)[C@@H](C(=O)OCc1ccccc1)N(C(=O)OC(C)(C)C)CC2. The zero-order valence-electron chi connectivity index (χ0n) is 19.4. The Hall–Kier alpha value is -3.61. The molecule has 0 unspecified atom stereocenters. The maximum Gasteiger partial charge on any atom is 0.411 e. The molecular weight excluding hydrogens is 422 g/mol. The van der Waals surface area contributed by atoms with Gasteiger partial charge in [0.2, 0.25) is 0 Å². The van der Waals surface area contributed by atoms with E-state index in [4.69, 9.17) is 9.47 Å². The summed E-state index contributed by atoms with van der Waals surface area (Å²) in [5.74, 6) is -1.03. The first-order chi connectivity index (χ1) is 15.7. The summed E-state index contributed by atoms with van der Waals surface area (Å²) in [6.45, 7) is 5.75. The fourth-order valence-corrected chi connectivity index (χ4v) is 3.55. The van der Waals surface area contributed by atoms with Gasteiger partial charge in [-0.05, 0) is 61.6 Å². The third-order valence-corrected chi connectivity index (χ3v) is 5.09. The topological polar surface area (TPSA) is 82.1 Å². The molecule has 2 aromatic rings. The van der Waals surface area contributed by atoms with Crippen LogP contribution in [0.1, 0.15) is 49.1 Å². The Morgan fingerprint density at radius 1 is 1.09 bits per heavy atom. The second kappa shape index (κ2) is 10.3. The van der Waals surface area contributed by atoms with Crippen LogP contribution in [0, 0.1) is 0 Å². The minimum atomic E-state index is -0.959. The molecule has 1 heterocycles. The number of benzene rings is 2. The lowest BCUT2D eigenvalue weighted by atomic mass is 9.91. The van der Waals surface area contributed by atoms with Gasteiger partial charge >= 0.3 is 18.0 Å². The van der Waals surface area contributed by atoms with Gasteiger partial charge in [0.25, 0.3) is 0 Å². The van der Waals surface area contributed by atoms with Gasteiger partial charge in [0.05, 0.1) is 7.11 Å². The van der Waals surface area contributed by atoms with Gasteiger partial charge in [-0.2, -0.15) is 0 Å². The molecule has 2 aromatic carbocycles. The summed E-state index contributed by atoms with van der Waals surface area (Å²) >= 11 is 0. The van der Waals surface area contributed by atoms with E-state index in [1.807, 2.05) is 42.5 Å². The van der Waals surface area contributed by atoms with E-state index in [9.17, 15) is 14.4 Å². The molecule has 174 valence electrons. The van der Waals surface area contributed by atoms with Crippen molar-refractivity contribution in [3.8, 4) is 0 Å². The molecule has 3 rings (SSSR count). The fraction of sp³-hybridized carbons (Fsp3) is 0.346. The Balaban J connectivity index is 1.93. The van der Waals surface area contributed by atoms with Gasteiger partial charge in [0, 0.05) is 12.6 Å². The molecule has 1 aliphatic heterocycles. The summed E-state index contributed by atoms with van der Waals surface area (Å²) in [5, 5.41) is 0. The minimum absolute atomic E-state index is 0.0929. The number of rotatable bonds is 5. The van der Waals surface area contributed by atoms with Gasteiger partial charge in [-0.1, -0.05) is 42.5 Å². The molecule has 0 radical (unpaired) electrons. The van der Waals surface area contributed by atoms with Crippen LogP contribution in [-0.4, -0.2) is 42.2 Å². The average molecular weight is 452 g/mol. The van der Waals surface area contributed by atoms with E-state index in [2.05, 4.69) is 4.74 Å². The maximum absolute atomic E-state index is 13.3. The average Bonchev–Trinajstić information content (AvgIpc) is 2.79. The van der Waals surface area contributed by atoms with Crippen LogP contribution in [0.15, 0.2) is 54.6 Å². The summed E-state index contributed by atoms with van der Waals surface area (Å²) in [5.41, 5.74) is 2.43. The molecule has 7 nitrogen and oxygen atoms in total. The highest BCUT2D eigenvalue weighted by Gasteiger charge is 2.39. The molecule has 0 aromatic heterocycles. The lowest BCUT2D eigenvalue weighted by Gasteiger charge is -2.36. The van der Waals surface area contributed by atoms with Gasteiger partial charge < -0.3 is 14.2 Å². The molecule has 1 amide bonds. The standard InChI is InChI=1S/C26H29NO6/c1-26(2,3)33-25(30)27-15-14-20-12-10-18(11-13-22(28)31-4)16-21(20)23(27)24(29)32-17-19-8-6-5-7-9-19/h5-13,16,23H,14-15,17H2,1-4H3/b13-11+/t23-/m0/s1. The van der Waals surface area contributed by atoms with E-state index >= 15 is 0 Å². The molecule has 0 saturated heterocycles. The summed E-state index contributed by atoms with van der Waals surface area (Å²) in [6.07, 6.45) is 2.90. The van der Waals surface area contributed by atoms with E-state index in [-0.39, 0.29) is 6.61 Å². The second-order valence-corrected chi connectivity index (χ2v) is 8.73. The molecule has 0 saturated carbocycles. The van der Waals surface area contributed by atoms with Gasteiger partial charge in [-0.25, -0.2) is 14.4 Å². The highest BCUT2D eigenvalue weighted by molar-refractivity contribution is 5.87. The normalized spacial score (nSPS) is 15.6. The molecule has 0 fully saturated rings. The number of hydrogen-bond acceptors (Lipinski definition) is 6. The van der Waals surface area contributed by atoms with E-state index in [1.165, 1.54) is 18.1 Å². The van der Waals surface area contributed by atoms with Crippen molar-refractivity contribution in [1.82, 2.24) is 4.90 Å². The van der Waals surface area contributed by atoms with Crippen LogP contribution in [0.2, 0.25) is 0 Å². The Labute approximate surface area is 193 Å². The zero-order valence-corrected chi connectivity index (χ0v) is 19.4. The number of fused-ring (bicyclic) bond motifs is 1. The second-order valence-electron chi connectivity index (χ2n) is 8.73. The first kappa shape index (κ1) is 24.0. The number of hydrogen-bond donors (Lipinski definition) is 0. The number of methoxy groups -OCH3 is 1. The Morgan fingerprint density at radius 2 is 1.82 bits per heavy atom. The van der Waals surface area contributed by atoms with Crippen molar-refractivity contribution in [3.63, 3.8) is 0 Å². The van der Waals surface area contributed by atoms with Crippen LogP contribution in [0.5, 0.6) is 0 Å². The predicted molar refractivity (Wildman–Crippen MR) is 123 cm³/mol. The van der Waals surface area contributed by atoms with E-state index in [1.54, 1.807) is 32.9 Å². The number of carbonyl (C=O) groups excluding carboxylic acids is 3. The van der Waals surface area contributed by atoms with Crippen molar-refractivity contribution in [3.05, 3.63) is 76.9 Å². The largest absolute Gasteiger partial charge is 0.466 e. The maximum atomic E-state index is 13.3. The van der Waals surface area contributed by atoms with Crippen LogP contribution in [-0.2, 0) is 36.8 Å². The Morgan fingerprint density at radius 3 is 2.48 bits per heavy atom. The van der Waals surface area contributed by atoms with E-state index < -0.39 is 29.7 Å². The first-order valence-electron chi connectivity index (χ1n) is 10.8. The molecule has 33 heavy (non-hydrogen) atoms. The van der Waals surface area contributed by atoms with Crippen molar-refractivity contribution in [2.75, 3.05) is 13.7 Å². The third-order valence-electron chi connectivity index (χ3n) is 5.09. The third kappa shape index (κ3) is 6.44. The molecule has 0 N–H and O–H groups in total. The number of nitrogens with zero attached hydrogens (tertiary/aromatic N) is 1. The lowest BCUT2D eigenvalue weighted by Crippen LogP contribution is -2.46.